The molecule has 11 heteroatoms. The second kappa shape index (κ2) is 14.7. The van der Waals surface area contributed by atoms with Gasteiger partial charge in [-0.15, -0.1) is 0 Å². The lowest BCUT2D eigenvalue weighted by molar-refractivity contribution is -0.183. The van der Waals surface area contributed by atoms with E-state index in [1.165, 1.54) is 6.42 Å². The second-order valence-corrected chi connectivity index (χ2v) is 15.5. The van der Waals surface area contributed by atoms with E-state index in [4.69, 9.17) is 19.0 Å². The molecule has 4 fully saturated rings. The van der Waals surface area contributed by atoms with E-state index in [1.807, 2.05) is 54.6 Å². The number of nitrogens with one attached hydrogen (secondary N) is 2. The molecule has 3 aliphatic carbocycles. The summed E-state index contributed by atoms with van der Waals surface area (Å²) >= 11 is 0. The van der Waals surface area contributed by atoms with E-state index in [1.54, 1.807) is 25.2 Å². The number of aliphatic hydroxyl groups is 2. The third-order valence-electron chi connectivity index (χ3n) is 12.3. The van der Waals surface area contributed by atoms with E-state index in [2.05, 4.69) is 31.4 Å². The Labute approximate surface area is 305 Å². The third kappa shape index (κ3) is 6.64. The molecule has 278 valence electrons. The van der Waals surface area contributed by atoms with Gasteiger partial charge >= 0.3 is 0 Å². The zero-order valence-corrected chi connectivity index (χ0v) is 30.6. The Balaban J connectivity index is 1.14. The third-order valence-corrected chi connectivity index (χ3v) is 12.3. The van der Waals surface area contributed by atoms with E-state index in [0.29, 0.717) is 64.7 Å². The summed E-state index contributed by atoms with van der Waals surface area (Å²) < 4.78 is 17.5. The number of aliphatic hydroxyl groups excluding tert-OH is 2. The first-order valence-electron chi connectivity index (χ1n) is 18.5. The highest BCUT2D eigenvalue weighted by atomic mass is 16.7. The van der Waals surface area contributed by atoms with Crippen LogP contribution in [-0.4, -0.2) is 78.4 Å². The van der Waals surface area contributed by atoms with E-state index < -0.39 is 24.2 Å². The molecule has 3 saturated carbocycles. The SMILES string of the molecule is COc1c(CN2O[C@@H](CO)[C@H]([C@H](C)O)[C@H]2C(=O)N[C@H]2C[C@H]3C[C@@H]([C@@H]2C)C3(C)C)cccc1-c1cc2c(c(C(=O)NCCc3ccccc3)c1)OCO2. The van der Waals surface area contributed by atoms with Crippen molar-refractivity contribution in [3.05, 3.63) is 77.4 Å². The minimum absolute atomic E-state index is 0.00515. The largest absolute Gasteiger partial charge is 0.496 e. The first kappa shape index (κ1) is 36.2. The summed E-state index contributed by atoms with van der Waals surface area (Å²) in [5.74, 6) is 1.68. The number of amides is 2. The van der Waals surface area contributed by atoms with Gasteiger partial charge in [0.2, 0.25) is 12.7 Å². The zero-order chi connectivity index (χ0) is 36.7. The maximum Gasteiger partial charge on any atom is 0.255 e. The van der Waals surface area contributed by atoms with Gasteiger partial charge in [0.15, 0.2) is 11.5 Å². The number of carbonyl (C=O) groups excluding carboxylic acids is 2. The van der Waals surface area contributed by atoms with Gasteiger partial charge in [0.05, 0.1) is 31.9 Å². The van der Waals surface area contributed by atoms with Crippen molar-refractivity contribution in [2.75, 3.05) is 27.1 Å². The second-order valence-electron chi connectivity index (χ2n) is 15.5. The Hall–Kier alpha value is -4.16. The van der Waals surface area contributed by atoms with Crippen molar-refractivity contribution >= 4 is 11.8 Å². The fourth-order valence-corrected chi connectivity index (χ4v) is 9.22. The molecule has 8 rings (SSSR count). The molecular formula is C41H51N3O8. The highest BCUT2D eigenvalue weighted by Crippen LogP contribution is 2.61. The first-order chi connectivity index (χ1) is 25.0. The summed E-state index contributed by atoms with van der Waals surface area (Å²) in [6.07, 6.45) is 1.13. The number of hydrogen-bond donors (Lipinski definition) is 4. The van der Waals surface area contributed by atoms with Crippen LogP contribution in [0.5, 0.6) is 17.2 Å². The van der Waals surface area contributed by atoms with Crippen LogP contribution in [0.4, 0.5) is 0 Å². The maximum absolute atomic E-state index is 14.2. The summed E-state index contributed by atoms with van der Waals surface area (Å²) in [6, 6.07) is 18.4. The predicted octanol–water partition coefficient (Wildman–Crippen LogP) is 4.72. The molecule has 3 aromatic carbocycles. The van der Waals surface area contributed by atoms with Crippen molar-refractivity contribution < 1.29 is 38.9 Å². The molecule has 4 N–H and O–H groups in total. The number of para-hydroxylation sites is 1. The van der Waals surface area contributed by atoms with Crippen LogP contribution in [0.1, 0.15) is 62.0 Å². The standard InChI is InChI=1S/C41H51N3O8/c1-23-31-18-28(41(31,3)4)19-32(23)43-40(48)36-35(24(2)46)34(21-45)52-44(36)20-26-12-9-13-29(37(26)49-5)27-16-30(38-33(17-27)50-22-51-38)39(47)42-15-14-25-10-7-6-8-11-25/h6-13,16-17,23-24,28,31-32,34-36,45-46H,14-15,18-22H2,1-5H3,(H,42,47)(H,43,48)/t23-,24-,28+,31-,32-,34-,35-,36-/m0/s1. The van der Waals surface area contributed by atoms with Gasteiger partial charge < -0.3 is 35.1 Å². The summed E-state index contributed by atoms with van der Waals surface area (Å²) in [5.41, 5.74) is 3.88. The van der Waals surface area contributed by atoms with Crippen molar-refractivity contribution in [1.82, 2.24) is 15.7 Å². The first-order valence-corrected chi connectivity index (χ1v) is 18.5. The number of rotatable bonds is 12. The molecule has 8 atom stereocenters. The van der Waals surface area contributed by atoms with Gasteiger partial charge in [-0.1, -0.05) is 69.3 Å². The minimum Gasteiger partial charge on any atom is -0.496 e. The van der Waals surface area contributed by atoms with Crippen molar-refractivity contribution in [2.24, 2.45) is 29.1 Å². The molecule has 5 aliphatic rings. The topological polar surface area (TPSA) is 139 Å². The van der Waals surface area contributed by atoms with Crippen LogP contribution < -0.4 is 24.8 Å². The summed E-state index contributed by atoms with van der Waals surface area (Å²) in [7, 11) is 1.58. The van der Waals surface area contributed by atoms with Gasteiger partial charge in [-0.25, -0.2) is 0 Å². The fourth-order valence-electron chi connectivity index (χ4n) is 9.22. The number of carbonyl (C=O) groups is 2. The molecule has 0 unspecified atom stereocenters. The van der Waals surface area contributed by atoms with E-state index in [-0.39, 0.29) is 43.2 Å². The van der Waals surface area contributed by atoms with Gasteiger partial charge in [0.1, 0.15) is 17.9 Å². The zero-order valence-electron chi connectivity index (χ0n) is 30.6. The van der Waals surface area contributed by atoms with Gasteiger partial charge in [-0.05, 0) is 72.6 Å². The molecule has 11 nitrogen and oxygen atoms in total. The quantitative estimate of drug-likeness (QED) is 0.210. The van der Waals surface area contributed by atoms with Crippen LogP contribution in [0.25, 0.3) is 11.1 Å². The minimum atomic E-state index is -0.909. The average Bonchev–Trinajstić information content (AvgIpc) is 3.77. The molecule has 2 heterocycles. The summed E-state index contributed by atoms with van der Waals surface area (Å²) in [4.78, 5) is 34.0. The molecule has 2 bridgehead atoms. The Bertz CT molecular complexity index is 1780. The fraction of sp³-hybridized carbons (Fsp3) is 0.512. The van der Waals surface area contributed by atoms with Gasteiger partial charge in [0.25, 0.3) is 5.91 Å². The molecule has 52 heavy (non-hydrogen) atoms. The molecule has 0 spiro atoms. The molecule has 2 amide bonds. The lowest BCUT2D eigenvalue weighted by Gasteiger charge is -2.62. The maximum atomic E-state index is 14.2. The van der Waals surface area contributed by atoms with Crippen LogP contribution in [0.3, 0.4) is 0 Å². The number of methoxy groups -OCH3 is 1. The number of hydrogen-bond acceptors (Lipinski definition) is 9. The lowest BCUT2D eigenvalue weighted by atomic mass is 9.45. The van der Waals surface area contributed by atoms with Gasteiger partial charge in [0, 0.05) is 29.6 Å². The van der Waals surface area contributed by atoms with Crippen LogP contribution in [0, 0.1) is 29.1 Å². The molecule has 0 aromatic heterocycles. The van der Waals surface area contributed by atoms with Crippen LogP contribution in [0.15, 0.2) is 60.7 Å². The number of fused-ring (bicyclic) bond motifs is 3. The Kier molecular flexibility index (Phi) is 10.2. The molecule has 3 aromatic rings. The number of nitrogens with zero attached hydrogens (tertiary/aromatic N) is 1. The average molecular weight is 714 g/mol. The molecule has 0 radical (unpaired) electrons. The van der Waals surface area contributed by atoms with E-state index in [0.717, 1.165) is 17.5 Å². The van der Waals surface area contributed by atoms with Crippen molar-refractivity contribution in [3.8, 4) is 28.4 Å². The number of ether oxygens (including phenoxy) is 3. The van der Waals surface area contributed by atoms with Crippen molar-refractivity contribution in [2.45, 2.75) is 77.8 Å². The van der Waals surface area contributed by atoms with Crippen LogP contribution in [-0.2, 0) is 22.6 Å². The van der Waals surface area contributed by atoms with E-state index >= 15 is 0 Å². The Morgan fingerprint density at radius 3 is 2.56 bits per heavy atom. The molecular weight excluding hydrogens is 662 g/mol. The normalized spacial score (nSPS) is 27.8. The van der Waals surface area contributed by atoms with Crippen LogP contribution >= 0.6 is 0 Å². The number of hydroxylamine groups is 2. The van der Waals surface area contributed by atoms with Gasteiger partial charge in [-0.2, -0.15) is 5.06 Å². The smallest absolute Gasteiger partial charge is 0.255 e. The van der Waals surface area contributed by atoms with Crippen molar-refractivity contribution in [3.63, 3.8) is 0 Å². The van der Waals surface area contributed by atoms with Gasteiger partial charge in [-0.3, -0.25) is 14.4 Å². The lowest BCUT2D eigenvalue weighted by Crippen LogP contribution is -2.62. The summed E-state index contributed by atoms with van der Waals surface area (Å²) in [5, 5.41) is 29.2. The highest BCUT2D eigenvalue weighted by Gasteiger charge is 2.57. The van der Waals surface area contributed by atoms with Crippen molar-refractivity contribution in [1.29, 1.82) is 0 Å². The highest BCUT2D eigenvalue weighted by molar-refractivity contribution is 5.99. The predicted molar refractivity (Wildman–Crippen MR) is 195 cm³/mol. The van der Waals surface area contributed by atoms with E-state index in [9.17, 15) is 19.8 Å². The summed E-state index contributed by atoms with van der Waals surface area (Å²) in [6.45, 7) is 8.77. The van der Waals surface area contributed by atoms with Crippen LogP contribution in [0.2, 0.25) is 0 Å². The Morgan fingerprint density at radius 1 is 1.08 bits per heavy atom. The molecule has 2 aliphatic heterocycles. The monoisotopic (exact) mass is 713 g/mol. The number of benzene rings is 3. The molecule has 1 saturated heterocycles. The Morgan fingerprint density at radius 2 is 1.87 bits per heavy atom.